The molecule has 4 rings (SSSR count). The minimum absolute atomic E-state index is 0.0157. The summed E-state index contributed by atoms with van der Waals surface area (Å²) in [6.45, 7) is 3.99. The minimum atomic E-state index is -0.0886. The summed E-state index contributed by atoms with van der Waals surface area (Å²) in [5.74, 6) is 0.158. The lowest BCUT2D eigenvalue weighted by atomic mass is 10.0. The number of nitrogens with two attached hydrogens (primary N) is 1. The summed E-state index contributed by atoms with van der Waals surface area (Å²) < 4.78 is 1.04. The van der Waals surface area contributed by atoms with Crippen molar-refractivity contribution < 1.29 is 4.79 Å². The van der Waals surface area contributed by atoms with Crippen LogP contribution in [-0.4, -0.2) is 28.3 Å². The van der Waals surface area contributed by atoms with Crippen LogP contribution in [0.5, 0.6) is 0 Å². The number of nitrogens with one attached hydrogen (secondary N) is 1. The van der Waals surface area contributed by atoms with Crippen LogP contribution in [0.1, 0.15) is 23.7 Å². The number of nitrogens with zero attached hydrogens (tertiary/aromatic N) is 2. The van der Waals surface area contributed by atoms with E-state index in [0.717, 1.165) is 39.7 Å². The molecule has 0 radical (unpaired) electrons. The van der Waals surface area contributed by atoms with Crippen LogP contribution < -0.4 is 10.5 Å². The lowest BCUT2D eigenvalue weighted by Crippen LogP contribution is -2.44. The lowest BCUT2D eigenvalue weighted by molar-refractivity contribution is -0.134. The molecule has 2 atom stereocenters. The van der Waals surface area contributed by atoms with Crippen molar-refractivity contribution in [2.75, 3.05) is 7.05 Å². The molecule has 7 heteroatoms. The Labute approximate surface area is 174 Å². The monoisotopic (exact) mass is 412 g/mol. The molecule has 2 unspecified atom stereocenters. The summed E-state index contributed by atoms with van der Waals surface area (Å²) >= 11 is 2.83. The number of aromatic nitrogens is 1. The molecule has 2 aliphatic rings. The number of hydrogen-bond acceptors (Lipinski definition) is 6. The van der Waals surface area contributed by atoms with Crippen molar-refractivity contribution in [1.29, 1.82) is 0 Å². The smallest absolute Gasteiger partial charge is 0.228 e. The van der Waals surface area contributed by atoms with Gasteiger partial charge < -0.3 is 10.2 Å². The van der Waals surface area contributed by atoms with Crippen LogP contribution in [0.4, 0.5) is 0 Å². The van der Waals surface area contributed by atoms with Gasteiger partial charge in [0.15, 0.2) is 5.50 Å². The molecule has 0 spiro atoms. The third-order valence-corrected chi connectivity index (χ3v) is 7.62. The van der Waals surface area contributed by atoms with Gasteiger partial charge in [-0.05, 0) is 68.0 Å². The van der Waals surface area contributed by atoms with Gasteiger partial charge in [0.05, 0.1) is 9.93 Å². The molecule has 5 nitrogen and oxygen atoms in total. The molecule has 1 aromatic heterocycles. The van der Waals surface area contributed by atoms with Crippen molar-refractivity contribution in [3.8, 4) is 11.3 Å². The van der Waals surface area contributed by atoms with Gasteiger partial charge in [-0.2, -0.15) is 0 Å². The first kappa shape index (κ1) is 19.4. The molecule has 3 N–H and O–H groups in total. The van der Waals surface area contributed by atoms with E-state index in [9.17, 15) is 4.79 Å². The van der Waals surface area contributed by atoms with Crippen molar-refractivity contribution in [3.05, 3.63) is 63.2 Å². The van der Waals surface area contributed by atoms with Gasteiger partial charge in [0.1, 0.15) is 0 Å². The highest BCUT2D eigenvalue weighted by molar-refractivity contribution is 8.21. The summed E-state index contributed by atoms with van der Waals surface area (Å²) in [7, 11) is 1.87. The van der Waals surface area contributed by atoms with E-state index in [0.29, 0.717) is 0 Å². The van der Waals surface area contributed by atoms with Crippen molar-refractivity contribution >= 4 is 29.6 Å². The second kappa shape index (κ2) is 7.81. The standard InChI is InChI=1S/C21H24N4OS2/c1-12-5-4-6-18(23-12)15-8-7-14-9-17(11-16(14)10-15)19(26)25(3)21-24-13(2)20(27-21)28-22/h4-8,10,17,21,24H,9,11,22H2,1-3H3. The second-order valence-electron chi connectivity index (χ2n) is 7.35. The highest BCUT2D eigenvalue weighted by atomic mass is 32.2. The molecule has 0 bridgehead atoms. The number of carbonyl (C=O) groups excluding carboxylic acids is 1. The van der Waals surface area contributed by atoms with Crippen LogP contribution in [-0.2, 0) is 17.6 Å². The largest absolute Gasteiger partial charge is 0.359 e. The van der Waals surface area contributed by atoms with E-state index in [4.69, 9.17) is 5.14 Å². The fourth-order valence-corrected chi connectivity index (χ4v) is 5.48. The van der Waals surface area contributed by atoms with Gasteiger partial charge in [-0.3, -0.25) is 14.9 Å². The van der Waals surface area contributed by atoms with E-state index in [-0.39, 0.29) is 17.3 Å². The molecule has 2 aromatic rings. The fraction of sp³-hybridized carbons (Fsp3) is 0.333. The molecule has 1 aliphatic carbocycles. The number of thioether (sulfide) groups is 1. The van der Waals surface area contributed by atoms with E-state index < -0.39 is 0 Å². The summed E-state index contributed by atoms with van der Waals surface area (Å²) in [6.07, 6.45) is 1.57. The Kier molecular flexibility index (Phi) is 5.40. The van der Waals surface area contributed by atoms with Crippen LogP contribution in [0.15, 0.2) is 46.3 Å². The SMILES string of the molecule is CC1=C(SN)SC(N(C)C(=O)C2Cc3ccc(-c4cccc(C)n4)cc3C2)N1. The molecular weight excluding hydrogens is 388 g/mol. The third-order valence-electron chi connectivity index (χ3n) is 5.34. The molecule has 2 heterocycles. The van der Waals surface area contributed by atoms with Gasteiger partial charge in [-0.25, -0.2) is 0 Å². The van der Waals surface area contributed by atoms with E-state index >= 15 is 0 Å². The Hall–Kier alpha value is -1.96. The lowest BCUT2D eigenvalue weighted by Gasteiger charge is -2.27. The van der Waals surface area contributed by atoms with Gasteiger partial charge in [0, 0.05) is 29.9 Å². The quantitative estimate of drug-likeness (QED) is 0.747. The van der Waals surface area contributed by atoms with E-state index in [1.807, 2.05) is 44.0 Å². The number of allylic oxidation sites excluding steroid dienone is 1. The Bertz CT molecular complexity index is 959. The van der Waals surface area contributed by atoms with Crippen LogP contribution in [0.25, 0.3) is 11.3 Å². The number of carbonyl (C=O) groups is 1. The Morgan fingerprint density at radius 2 is 2.04 bits per heavy atom. The first-order chi connectivity index (χ1) is 13.5. The maximum absolute atomic E-state index is 13.1. The van der Waals surface area contributed by atoms with Crippen LogP contribution in [0.3, 0.4) is 0 Å². The predicted octanol–water partition coefficient (Wildman–Crippen LogP) is 3.65. The number of amides is 1. The van der Waals surface area contributed by atoms with Crippen LogP contribution in [0, 0.1) is 12.8 Å². The molecule has 0 fully saturated rings. The van der Waals surface area contributed by atoms with Crippen molar-refractivity contribution in [2.45, 2.75) is 32.2 Å². The van der Waals surface area contributed by atoms with E-state index in [1.165, 1.54) is 23.1 Å². The number of pyridine rings is 1. The van der Waals surface area contributed by atoms with Crippen LogP contribution >= 0.6 is 23.7 Å². The van der Waals surface area contributed by atoms with E-state index in [2.05, 4.69) is 28.5 Å². The minimum Gasteiger partial charge on any atom is -0.359 e. The van der Waals surface area contributed by atoms with Crippen molar-refractivity contribution in [1.82, 2.24) is 15.2 Å². The predicted molar refractivity (Wildman–Crippen MR) is 117 cm³/mol. The summed E-state index contributed by atoms with van der Waals surface area (Å²) in [6, 6.07) is 12.5. The molecule has 1 aromatic carbocycles. The molecule has 146 valence electrons. The summed E-state index contributed by atoms with van der Waals surface area (Å²) in [5, 5.41) is 9.06. The first-order valence-electron chi connectivity index (χ1n) is 9.29. The third kappa shape index (κ3) is 3.66. The average Bonchev–Trinajstić information content (AvgIpc) is 3.29. The van der Waals surface area contributed by atoms with Crippen molar-refractivity contribution in [3.63, 3.8) is 0 Å². The second-order valence-corrected chi connectivity index (χ2v) is 9.34. The zero-order chi connectivity index (χ0) is 19.8. The Morgan fingerprint density at radius 3 is 2.75 bits per heavy atom. The number of fused-ring (bicyclic) bond motifs is 1. The molecule has 0 saturated carbocycles. The molecule has 0 saturated heterocycles. The highest BCUT2D eigenvalue weighted by Crippen LogP contribution is 2.38. The van der Waals surface area contributed by atoms with Gasteiger partial charge in [-0.1, -0.05) is 30.0 Å². The van der Waals surface area contributed by atoms with Gasteiger partial charge >= 0.3 is 0 Å². The Morgan fingerprint density at radius 1 is 1.25 bits per heavy atom. The molecule has 1 amide bonds. The summed E-state index contributed by atoms with van der Waals surface area (Å²) in [4.78, 5) is 19.5. The number of aryl methyl sites for hydroxylation is 1. The van der Waals surface area contributed by atoms with Crippen LogP contribution in [0.2, 0.25) is 0 Å². The summed E-state index contributed by atoms with van der Waals surface area (Å²) in [5.41, 5.74) is 6.57. The normalized spacial score (nSPS) is 20.9. The van der Waals surface area contributed by atoms with Gasteiger partial charge in [0.25, 0.3) is 0 Å². The number of rotatable bonds is 4. The first-order valence-corrected chi connectivity index (χ1v) is 11.1. The number of hydrogen-bond donors (Lipinski definition) is 2. The highest BCUT2D eigenvalue weighted by Gasteiger charge is 2.34. The zero-order valence-electron chi connectivity index (χ0n) is 16.2. The average molecular weight is 413 g/mol. The van der Waals surface area contributed by atoms with Gasteiger partial charge in [0.2, 0.25) is 5.91 Å². The van der Waals surface area contributed by atoms with Crippen molar-refractivity contribution in [2.24, 2.45) is 11.1 Å². The topological polar surface area (TPSA) is 71.2 Å². The Balaban J connectivity index is 1.47. The fourth-order valence-electron chi connectivity index (χ4n) is 3.81. The van der Waals surface area contributed by atoms with Gasteiger partial charge in [-0.15, -0.1) is 0 Å². The maximum Gasteiger partial charge on any atom is 0.228 e. The van der Waals surface area contributed by atoms with E-state index in [1.54, 1.807) is 11.8 Å². The molecule has 1 aliphatic heterocycles. The molecular formula is C21H24N4OS2. The number of benzene rings is 1. The molecule has 28 heavy (non-hydrogen) atoms. The zero-order valence-corrected chi connectivity index (χ0v) is 17.9. The maximum atomic E-state index is 13.1.